The highest BCUT2D eigenvalue weighted by Crippen LogP contribution is 2.34. The number of hydrogen-bond donors (Lipinski definition) is 0. The fourth-order valence-electron chi connectivity index (χ4n) is 2.04. The first kappa shape index (κ1) is 12.9. The Morgan fingerprint density at radius 2 is 1.70 bits per heavy atom. The highest BCUT2D eigenvalue weighted by atomic mass is 79.9. The molecule has 0 aliphatic heterocycles. The molecule has 0 amide bonds. The third-order valence-electron chi connectivity index (χ3n) is 2.99. The summed E-state index contributed by atoms with van der Waals surface area (Å²) >= 11 is 3.47. The van der Waals surface area contributed by atoms with Gasteiger partial charge in [-0.15, -0.1) is 0 Å². The van der Waals surface area contributed by atoms with Crippen LogP contribution < -0.4 is 9.47 Å². The van der Waals surface area contributed by atoms with Gasteiger partial charge in [0.05, 0.1) is 11.6 Å². The molecule has 0 aliphatic rings. The Bertz CT molecular complexity index is 758. The Morgan fingerprint density at radius 1 is 0.900 bits per heavy atom. The van der Waals surface area contributed by atoms with Crippen LogP contribution in [0, 0.1) is 0 Å². The zero-order valence-corrected chi connectivity index (χ0v) is 12.4. The number of fused-ring (bicyclic) bond motifs is 1. The molecule has 3 aromatic rings. The molecule has 3 rings (SSSR count). The van der Waals surface area contributed by atoms with Crippen LogP contribution in [0.1, 0.15) is 0 Å². The van der Waals surface area contributed by atoms with Gasteiger partial charge < -0.3 is 9.47 Å². The summed E-state index contributed by atoms with van der Waals surface area (Å²) < 4.78 is 12.2. The maximum absolute atomic E-state index is 5.91. The quantitative estimate of drug-likeness (QED) is 0.691. The minimum atomic E-state index is 0.563. The predicted octanol–water partition coefficient (Wildman–Crippen LogP) is 4.80. The van der Waals surface area contributed by atoms with Crippen molar-refractivity contribution in [3.8, 4) is 17.4 Å². The van der Waals surface area contributed by atoms with Crippen LogP contribution in [0.5, 0.6) is 17.4 Å². The van der Waals surface area contributed by atoms with Crippen molar-refractivity contribution in [2.24, 2.45) is 0 Å². The van der Waals surface area contributed by atoms with E-state index in [0.29, 0.717) is 5.88 Å². The van der Waals surface area contributed by atoms with Crippen molar-refractivity contribution < 1.29 is 9.47 Å². The van der Waals surface area contributed by atoms with Crippen LogP contribution in [-0.4, -0.2) is 12.1 Å². The molecule has 0 bridgehead atoms. The summed E-state index contributed by atoms with van der Waals surface area (Å²) in [5.41, 5.74) is 0. The van der Waals surface area contributed by atoms with Crippen molar-refractivity contribution >= 4 is 26.7 Å². The summed E-state index contributed by atoms with van der Waals surface area (Å²) in [5, 5.41) is 1.90. The lowest BCUT2D eigenvalue weighted by Gasteiger charge is -2.10. The fourth-order valence-corrected chi connectivity index (χ4v) is 2.41. The minimum Gasteiger partial charge on any atom is -0.496 e. The predicted molar refractivity (Wildman–Crippen MR) is 82.5 cm³/mol. The number of hydrogen-bond acceptors (Lipinski definition) is 3. The lowest BCUT2D eigenvalue weighted by Crippen LogP contribution is -1.91. The fraction of sp³-hybridized carbons (Fsp3) is 0.0625. The molecule has 1 aromatic heterocycles. The van der Waals surface area contributed by atoms with Crippen molar-refractivity contribution in [3.05, 3.63) is 59.2 Å². The highest BCUT2D eigenvalue weighted by molar-refractivity contribution is 9.10. The zero-order valence-electron chi connectivity index (χ0n) is 10.8. The molecule has 100 valence electrons. The molecule has 0 saturated carbocycles. The van der Waals surface area contributed by atoms with E-state index in [9.17, 15) is 0 Å². The van der Waals surface area contributed by atoms with E-state index >= 15 is 0 Å². The first-order chi connectivity index (χ1) is 9.79. The first-order valence-corrected chi connectivity index (χ1v) is 6.93. The van der Waals surface area contributed by atoms with E-state index in [1.54, 1.807) is 13.3 Å². The van der Waals surface area contributed by atoms with Gasteiger partial charge in [0.1, 0.15) is 11.5 Å². The van der Waals surface area contributed by atoms with Crippen molar-refractivity contribution in [1.29, 1.82) is 0 Å². The number of aromatic nitrogens is 1. The average Bonchev–Trinajstić information content (AvgIpc) is 2.49. The molecular weight excluding hydrogens is 318 g/mol. The molecule has 0 fully saturated rings. The SMILES string of the molecule is COc1cccc2c(Oc3ccccc3Br)nccc12. The second kappa shape index (κ2) is 5.51. The molecule has 3 nitrogen and oxygen atoms in total. The van der Waals surface area contributed by atoms with Crippen molar-refractivity contribution in [2.75, 3.05) is 7.11 Å². The maximum atomic E-state index is 5.91. The molecule has 1 heterocycles. The lowest BCUT2D eigenvalue weighted by atomic mass is 10.1. The van der Waals surface area contributed by atoms with Gasteiger partial charge in [-0.2, -0.15) is 0 Å². The molecule has 0 N–H and O–H groups in total. The minimum absolute atomic E-state index is 0.563. The number of nitrogens with zero attached hydrogens (tertiary/aromatic N) is 1. The second-order valence-corrected chi connectivity index (χ2v) is 5.06. The Hall–Kier alpha value is -2.07. The summed E-state index contributed by atoms with van der Waals surface area (Å²) in [6.45, 7) is 0. The average molecular weight is 330 g/mol. The van der Waals surface area contributed by atoms with Gasteiger partial charge in [0.2, 0.25) is 5.88 Å². The Kier molecular flexibility index (Phi) is 3.56. The number of pyridine rings is 1. The van der Waals surface area contributed by atoms with Crippen molar-refractivity contribution in [2.45, 2.75) is 0 Å². The van der Waals surface area contributed by atoms with E-state index in [-0.39, 0.29) is 0 Å². The van der Waals surface area contributed by atoms with E-state index in [0.717, 1.165) is 26.7 Å². The molecule has 4 heteroatoms. The Balaban J connectivity index is 2.11. The van der Waals surface area contributed by atoms with Gasteiger partial charge in [0.25, 0.3) is 0 Å². The van der Waals surface area contributed by atoms with Crippen LogP contribution in [-0.2, 0) is 0 Å². The summed E-state index contributed by atoms with van der Waals surface area (Å²) in [6, 6.07) is 15.4. The van der Waals surface area contributed by atoms with Gasteiger partial charge in [-0.25, -0.2) is 4.98 Å². The van der Waals surface area contributed by atoms with Crippen LogP contribution in [0.2, 0.25) is 0 Å². The van der Waals surface area contributed by atoms with Crippen LogP contribution in [0.15, 0.2) is 59.2 Å². The zero-order chi connectivity index (χ0) is 13.9. The number of ether oxygens (including phenoxy) is 2. The smallest absolute Gasteiger partial charge is 0.227 e. The third kappa shape index (κ3) is 2.34. The van der Waals surface area contributed by atoms with Crippen molar-refractivity contribution in [1.82, 2.24) is 4.98 Å². The van der Waals surface area contributed by atoms with Crippen LogP contribution in [0.3, 0.4) is 0 Å². The van der Waals surface area contributed by atoms with Crippen LogP contribution >= 0.6 is 15.9 Å². The Labute approximate surface area is 125 Å². The van der Waals surface area contributed by atoms with Crippen LogP contribution in [0.25, 0.3) is 10.8 Å². The molecule has 0 radical (unpaired) electrons. The number of halogens is 1. The molecular formula is C16H12BrNO2. The largest absolute Gasteiger partial charge is 0.496 e. The van der Waals surface area contributed by atoms with E-state index in [4.69, 9.17) is 9.47 Å². The number of benzene rings is 2. The van der Waals surface area contributed by atoms with Gasteiger partial charge in [0.15, 0.2) is 0 Å². The van der Waals surface area contributed by atoms with Gasteiger partial charge in [-0.1, -0.05) is 18.2 Å². The van der Waals surface area contributed by atoms with E-state index in [1.807, 2.05) is 48.5 Å². The third-order valence-corrected chi connectivity index (χ3v) is 3.65. The first-order valence-electron chi connectivity index (χ1n) is 6.13. The molecule has 0 aliphatic carbocycles. The molecule has 0 unspecified atom stereocenters. The highest BCUT2D eigenvalue weighted by Gasteiger charge is 2.09. The standard InChI is InChI=1S/C16H12BrNO2/c1-19-14-8-4-5-12-11(14)9-10-18-16(12)20-15-7-3-2-6-13(15)17/h2-10H,1H3. The van der Waals surface area contributed by atoms with E-state index in [2.05, 4.69) is 20.9 Å². The van der Waals surface area contributed by atoms with Gasteiger partial charge in [0, 0.05) is 17.0 Å². The second-order valence-electron chi connectivity index (χ2n) is 4.20. The summed E-state index contributed by atoms with van der Waals surface area (Å²) in [5.74, 6) is 2.10. The number of rotatable bonds is 3. The monoisotopic (exact) mass is 329 g/mol. The van der Waals surface area contributed by atoms with Crippen molar-refractivity contribution in [3.63, 3.8) is 0 Å². The molecule has 0 atom stereocenters. The summed E-state index contributed by atoms with van der Waals surface area (Å²) in [6.07, 6.45) is 1.72. The molecule has 20 heavy (non-hydrogen) atoms. The van der Waals surface area contributed by atoms with Crippen LogP contribution in [0.4, 0.5) is 0 Å². The number of para-hydroxylation sites is 1. The normalized spacial score (nSPS) is 10.5. The van der Waals surface area contributed by atoms with E-state index in [1.165, 1.54) is 0 Å². The number of methoxy groups -OCH3 is 1. The van der Waals surface area contributed by atoms with Gasteiger partial charge in [-0.05, 0) is 46.3 Å². The lowest BCUT2D eigenvalue weighted by molar-refractivity contribution is 0.419. The molecule has 2 aromatic carbocycles. The summed E-state index contributed by atoms with van der Waals surface area (Å²) in [7, 11) is 1.66. The topological polar surface area (TPSA) is 31.4 Å². The maximum Gasteiger partial charge on any atom is 0.227 e. The summed E-state index contributed by atoms with van der Waals surface area (Å²) in [4.78, 5) is 4.32. The molecule has 0 spiro atoms. The van der Waals surface area contributed by atoms with E-state index < -0.39 is 0 Å². The Morgan fingerprint density at radius 3 is 2.50 bits per heavy atom. The molecule has 0 saturated heterocycles. The van der Waals surface area contributed by atoms with Gasteiger partial charge >= 0.3 is 0 Å². The van der Waals surface area contributed by atoms with Gasteiger partial charge in [-0.3, -0.25) is 0 Å².